The summed E-state index contributed by atoms with van der Waals surface area (Å²) in [6.07, 6.45) is 2.58. The zero-order chi connectivity index (χ0) is 16.3. The second-order valence-corrected chi connectivity index (χ2v) is 7.44. The third-order valence-electron chi connectivity index (χ3n) is 4.85. The van der Waals surface area contributed by atoms with Crippen LogP contribution in [0, 0.1) is 5.92 Å². The van der Waals surface area contributed by atoms with Gasteiger partial charge in [0.05, 0.1) is 13.2 Å². The van der Waals surface area contributed by atoms with Crippen molar-refractivity contribution < 1.29 is 14.3 Å². The summed E-state index contributed by atoms with van der Waals surface area (Å²) >= 11 is 2.39. The summed E-state index contributed by atoms with van der Waals surface area (Å²) in [6.45, 7) is 4.02. The van der Waals surface area contributed by atoms with Gasteiger partial charge in [0.15, 0.2) is 5.79 Å². The summed E-state index contributed by atoms with van der Waals surface area (Å²) in [7, 11) is 0. The van der Waals surface area contributed by atoms with Gasteiger partial charge in [-0.3, -0.25) is 4.79 Å². The molecule has 23 heavy (non-hydrogen) atoms. The van der Waals surface area contributed by atoms with E-state index in [9.17, 15) is 4.79 Å². The molecule has 0 saturated carbocycles. The molecule has 2 atom stereocenters. The van der Waals surface area contributed by atoms with Crippen LogP contribution < -0.4 is 0 Å². The van der Waals surface area contributed by atoms with Crippen molar-refractivity contribution in [1.82, 2.24) is 4.90 Å². The molecule has 5 heteroatoms. The number of rotatable bonds is 6. The number of carbonyl (C=O) groups is 1. The first-order valence-electron chi connectivity index (χ1n) is 8.29. The number of halogens is 1. The quantitative estimate of drug-likeness (QED) is 0.514. The predicted molar refractivity (Wildman–Crippen MR) is 97.3 cm³/mol. The van der Waals surface area contributed by atoms with E-state index in [-0.39, 0.29) is 11.8 Å². The molecule has 1 aromatic rings. The Labute approximate surface area is 151 Å². The molecule has 126 valence electrons. The van der Waals surface area contributed by atoms with E-state index in [0.29, 0.717) is 25.8 Å². The topological polar surface area (TPSA) is 38.8 Å². The molecule has 2 fully saturated rings. The summed E-state index contributed by atoms with van der Waals surface area (Å²) in [5, 5.41) is 0. The average molecular weight is 429 g/mol. The zero-order valence-electron chi connectivity index (χ0n) is 13.5. The highest BCUT2D eigenvalue weighted by molar-refractivity contribution is 14.1. The standard InChI is InChI=1S/C18H24INO3/c1-18(22-9-10-23-18)8-7-15-11-16(12-19)20(17(15)21)13-14-5-3-2-4-6-14/h2-6,15-16H,7-13H2,1H3. The maximum Gasteiger partial charge on any atom is 0.226 e. The first kappa shape index (κ1) is 17.2. The van der Waals surface area contributed by atoms with E-state index in [1.54, 1.807) is 0 Å². The van der Waals surface area contributed by atoms with E-state index in [4.69, 9.17) is 9.47 Å². The van der Waals surface area contributed by atoms with Gasteiger partial charge in [-0.05, 0) is 25.3 Å². The van der Waals surface area contributed by atoms with Crippen LogP contribution in [-0.4, -0.2) is 40.3 Å². The average Bonchev–Trinajstić information content (AvgIpc) is 3.12. The number of ether oxygens (including phenoxy) is 2. The fourth-order valence-corrected chi connectivity index (χ4v) is 4.32. The minimum atomic E-state index is -0.493. The molecule has 0 radical (unpaired) electrons. The van der Waals surface area contributed by atoms with Crippen LogP contribution in [0.15, 0.2) is 30.3 Å². The monoisotopic (exact) mass is 429 g/mol. The molecule has 2 heterocycles. The smallest absolute Gasteiger partial charge is 0.226 e. The summed E-state index contributed by atoms with van der Waals surface area (Å²) in [6, 6.07) is 10.6. The predicted octanol–water partition coefficient (Wildman–Crippen LogP) is 3.38. The van der Waals surface area contributed by atoms with Crippen molar-refractivity contribution in [2.45, 2.75) is 44.6 Å². The van der Waals surface area contributed by atoms with Crippen LogP contribution in [-0.2, 0) is 20.8 Å². The summed E-state index contributed by atoms with van der Waals surface area (Å²) in [4.78, 5) is 14.9. The molecule has 3 rings (SSSR count). The van der Waals surface area contributed by atoms with Crippen LogP contribution in [0.25, 0.3) is 0 Å². The molecule has 0 aromatic heterocycles. The molecular formula is C18H24INO3. The molecule has 0 aliphatic carbocycles. The lowest BCUT2D eigenvalue weighted by Gasteiger charge is -2.24. The van der Waals surface area contributed by atoms with Gasteiger partial charge in [0.1, 0.15) is 0 Å². The highest BCUT2D eigenvalue weighted by Gasteiger charge is 2.40. The lowest BCUT2D eigenvalue weighted by Crippen LogP contribution is -2.34. The normalized spacial score (nSPS) is 26.9. The third-order valence-corrected chi connectivity index (χ3v) is 5.87. The molecule has 1 aromatic carbocycles. The molecule has 0 spiro atoms. The second-order valence-electron chi connectivity index (χ2n) is 6.56. The Balaban J connectivity index is 1.61. The summed E-state index contributed by atoms with van der Waals surface area (Å²) in [5.74, 6) is -0.104. The van der Waals surface area contributed by atoms with E-state index < -0.39 is 5.79 Å². The van der Waals surface area contributed by atoms with Gasteiger partial charge in [-0.15, -0.1) is 0 Å². The lowest BCUT2D eigenvalue weighted by atomic mass is 9.97. The van der Waals surface area contributed by atoms with Crippen molar-refractivity contribution in [3.05, 3.63) is 35.9 Å². The van der Waals surface area contributed by atoms with Crippen molar-refractivity contribution in [1.29, 1.82) is 0 Å². The Morgan fingerprint density at radius 1 is 1.26 bits per heavy atom. The number of hydrogen-bond donors (Lipinski definition) is 0. The zero-order valence-corrected chi connectivity index (χ0v) is 15.7. The number of amides is 1. The van der Waals surface area contributed by atoms with Gasteiger partial charge < -0.3 is 14.4 Å². The van der Waals surface area contributed by atoms with Crippen LogP contribution in [0.3, 0.4) is 0 Å². The van der Waals surface area contributed by atoms with E-state index in [1.807, 2.05) is 25.1 Å². The summed E-state index contributed by atoms with van der Waals surface area (Å²) < 4.78 is 12.3. The van der Waals surface area contributed by atoms with Gasteiger partial charge in [0.25, 0.3) is 0 Å². The second kappa shape index (κ2) is 7.49. The molecule has 4 nitrogen and oxygen atoms in total. The van der Waals surface area contributed by atoms with E-state index in [2.05, 4.69) is 39.6 Å². The molecule has 2 saturated heterocycles. The van der Waals surface area contributed by atoms with Crippen molar-refractivity contribution in [3.63, 3.8) is 0 Å². The third kappa shape index (κ3) is 4.06. The Hall–Kier alpha value is -0.660. The van der Waals surface area contributed by atoms with Crippen LogP contribution in [0.2, 0.25) is 0 Å². The minimum absolute atomic E-state index is 0.100. The Kier molecular flexibility index (Phi) is 5.59. The fraction of sp³-hybridized carbons (Fsp3) is 0.611. The fourth-order valence-electron chi connectivity index (χ4n) is 3.48. The van der Waals surface area contributed by atoms with Gasteiger partial charge >= 0.3 is 0 Å². The molecular weight excluding hydrogens is 405 g/mol. The Morgan fingerprint density at radius 2 is 1.96 bits per heavy atom. The molecule has 1 amide bonds. The number of hydrogen-bond acceptors (Lipinski definition) is 3. The number of likely N-dealkylation sites (tertiary alicyclic amines) is 1. The summed E-state index contributed by atoms with van der Waals surface area (Å²) in [5.41, 5.74) is 1.20. The van der Waals surface area contributed by atoms with Crippen LogP contribution in [0.1, 0.15) is 31.7 Å². The lowest BCUT2D eigenvalue weighted by molar-refractivity contribution is -0.151. The number of nitrogens with zero attached hydrogens (tertiary/aromatic N) is 1. The Bertz CT molecular complexity index is 530. The van der Waals surface area contributed by atoms with Gasteiger partial charge in [-0.1, -0.05) is 52.9 Å². The first-order valence-corrected chi connectivity index (χ1v) is 9.82. The Morgan fingerprint density at radius 3 is 2.61 bits per heavy atom. The highest BCUT2D eigenvalue weighted by Crippen LogP contribution is 2.34. The molecule has 0 N–H and O–H groups in total. The van der Waals surface area contributed by atoms with Crippen LogP contribution in [0.4, 0.5) is 0 Å². The largest absolute Gasteiger partial charge is 0.348 e. The van der Waals surface area contributed by atoms with E-state index in [0.717, 1.165) is 23.7 Å². The van der Waals surface area contributed by atoms with Gasteiger partial charge in [0, 0.05) is 29.4 Å². The van der Waals surface area contributed by atoms with Crippen molar-refractivity contribution in [2.24, 2.45) is 5.92 Å². The van der Waals surface area contributed by atoms with Crippen molar-refractivity contribution in [2.75, 3.05) is 17.6 Å². The molecule has 2 unspecified atom stereocenters. The van der Waals surface area contributed by atoms with Crippen LogP contribution >= 0.6 is 22.6 Å². The van der Waals surface area contributed by atoms with Gasteiger partial charge in [0.2, 0.25) is 5.91 Å². The van der Waals surface area contributed by atoms with Crippen molar-refractivity contribution >= 4 is 28.5 Å². The van der Waals surface area contributed by atoms with E-state index in [1.165, 1.54) is 5.56 Å². The van der Waals surface area contributed by atoms with Gasteiger partial charge in [-0.2, -0.15) is 0 Å². The number of alkyl halides is 1. The number of carbonyl (C=O) groups excluding carboxylic acids is 1. The van der Waals surface area contributed by atoms with E-state index >= 15 is 0 Å². The van der Waals surface area contributed by atoms with Gasteiger partial charge in [-0.25, -0.2) is 0 Å². The maximum atomic E-state index is 12.8. The minimum Gasteiger partial charge on any atom is -0.348 e. The van der Waals surface area contributed by atoms with Crippen LogP contribution in [0.5, 0.6) is 0 Å². The maximum absolute atomic E-state index is 12.8. The van der Waals surface area contributed by atoms with Crippen molar-refractivity contribution in [3.8, 4) is 0 Å². The first-order chi connectivity index (χ1) is 11.1. The highest BCUT2D eigenvalue weighted by atomic mass is 127. The SMILES string of the molecule is CC1(CCC2CC(CI)N(Cc3ccccc3)C2=O)OCCO1. The number of benzene rings is 1. The molecule has 2 aliphatic heterocycles. The molecule has 2 aliphatic rings. The molecule has 0 bridgehead atoms.